The van der Waals surface area contributed by atoms with Crippen molar-refractivity contribution < 1.29 is 4.74 Å². The second-order valence-corrected chi connectivity index (χ2v) is 6.40. The molecule has 0 unspecified atom stereocenters. The molecule has 3 heteroatoms. The van der Waals surface area contributed by atoms with E-state index in [1.807, 2.05) is 6.07 Å². The lowest BCUT2D eigenvalue weighted by atomic mass is 10.2. The smallest absolute Gasteiger partial charge is 0.468 e. The lowest BCUT2D eigenvalue weighted by molar-refractivity contribution is 0.414. The monoisotopic (exact) mass is 272 g/mol. The van der Waals surface area contributed by atoms with E-state index in [0.29, 0.717) is 0 Å². The highest BCUT2D eigenvalue weighted by atomic mass is 127. The molecular formula is C8H9IMgO. The van der Waals surface area contributed by atoms with Gasteiger partial charge in [-0.15, -0.1) is 4.55 Å². The molecule has 0 aliphatic heterocycles. The van der Waals surface area contributed by atoms with Gasteiger partial charge in [0.2, 0.25) is 0 Å². The van der Waals surface area contributed by atoms with Gasteiger partial charge < -0.3 is 23.6 Å². The Balaban J connectivity index is 2.74. The van der Waals surface area contributed by atoms with Crippen LogP contribution in [-0.4, -0.2) is 23.6 Å². The molecule has 0 aliphatic rings. The van der Waals surface area contributed by atoms with E-state index in [0.717, 1.165) is 5.75 Å². The van der Waals surface area contributed by atoms with Crippen molar-refractivity contribution in [3.8, 4) is 5.75 Å². The third kappa shape index (κ3) is 3.17. The Morgan fingerprint density at radius 3 is 3.00 bits per heavy atom. The first-order valence-electron chi connectivity index (χ1n) is 3.55. The number of hydrogen-bond donors (Lipinski definition) is 0. The highest BCUT2D eigenvalue weighted by Gasteiger charge is 1.95. The van der Waals surface area contributed by atoms with Crippen molar-refractivity contribution in [1.82, 2.24) is 0 Å². The van der Waals surface area contributed by atoms with Crippen molar-refractivity contribution in [2.24, 2.45) is 0 Å². The Hall–Kier alpha value is 0.516. The summed E-state index contributed by atoms with van der Waals surface area (Å²) in [5.41, 5.74) is 1.41. The number of rotatable bonds is 3. The molecule has 0 bridgehead atoms. The minimum absolute atomic E-state index is 0.107. The molecule has 11 heavy (non-hydrogen) atoms. The molecular weight excluding hydrogens is 263 g/mol. The second-order valence-electron chi connectivity index (χ2n) is 2.29. The molecule has 1 aromatic rings. The third-order valence-electron chi connectivity index (χ3n) is 1.52. The molecule has 0 aliphatic carbocycles. The maximum Gasteiger partial charge on any atom is 0.468 e. The van der Waals surface area contributed by atoms with Crippen molar-refractivity contribution >= 4 is 35.3 Å². The van der Waals surface area contributed by atoms with Crippen LogP contribution < -0.4 is 4.74 Å². The molecule has 0 N–H and O–H groups in total. The van der Waals surface area contributed by atoms with Gasteiger partial charge in [0.1, 0.15) is 5.75 Å². The zero-order valence-corrected chi connectivity index (χ0v) is 10.1. The minimum Gasteiger partial charge on any atom is -0.497 e. The topological polar surface area (TPSA) is 9.23 Å². The van der Waals surface area contributed by atoms with E-state index in [-0.39, 0.29) is 16.5 Å². The van der Waals surface area contributed by atoms with Gasteiger partial charge >= 0.3 is 16.5 Å². The molecule has 1 rings (SSSR count). The number of ether oxygens (including phenoxy) is 1. The largest absolute Gasteiger partial charge is 0.497 e. The average molecular weight is 272 g/mol. The van der Waals surface area contributed by atoms with Gasteiger partial charge in [0.05, 0.1) is 7.11 Å². The van der Waals surface area contributed by atoms with Crippen molar-refractivity contribution in [3.63, 3.8) is 0 Å². The fourth-order valence-corrected chi connectivity index (χ4v) is 3.33. The van der Waals surface area contributed by atoms with Gasteiger partial charge in [-0.3, -0.25) is 0 Å². The van der Waals surface area contributed by atoms with Gasteiger partial charge in [0.25, 0.3) is 0 Å². The van der Waals surface area contributed by atoms with Crippen LogP contribution in [-0.2, 0) is 4.55 Å². The Morgan fingerprint density at radius 1 is 1.55 bits per heavy atom. The summed E-state index contributed by atoms with van der Waals surface area (Å²) >= 11 is 2.62. The van der Waals surface area contributed by atoms with Crippen molar-refractivity contribution in [2.45, 2.75) is 4.55 Å². The van der Waals surface area contributed by atoms with E-state index in [2.05, 4.69) is 37.1 Å². The van der Waals surface area contributed by atoms with E-state index >= 15 is 0 Å². The number of hydrogen-bond acceptors (Lipinski definition) is 1. The van der Waals surface area contributed by atoms with Crippen LogP contribution in [0, 0.1) is 0 Å². The molecule has 56 valence electrons. The fourth-order valence-electron chi connectivity index (χ4n) is 0.937. The van der Waals surface area contributed by atoms with E-state index < -0.39 is 0 Å². The summed E-state index contributed by atoms with van der Waals surface area (Å²) in [6, 6.07) is 8.31. The summed E-state index contributed by atoms with van der Waals surface area (Å²) in [5, 5.41) is 0. The minimum atomic E-state index is 0.107. The molecule has 1 aromatic carbocycles. The van der Waals surface area contributed by atoms with Gasteiger partial charge in [-0.2, -0.15) is 0 Å². The van der Waals surface area contributed by atoms with Gasteiger partial charge in [0.15, 0.2) is 0 Å². The SMILES string of the molecule is COc1cccc([CH2][Mg][I])c1. The molecule has 1 nitrogen and oxygen atoms in total. The summed E-state index contributed by atoms with van der Waals surface area (Å²) < 4.78 is 6.38. The highest BCUT2D eigenvalue weighted by Crippen LogP contribution is 2.12. The van der Waals surface area contributed by atoms with Crippen molar-refractivity contribution in [2.75, 3.05) is 7.11 Å². The lowest BCUT2D eigenvalue weighted by Crippen LogP contribution is -1.89. The molecule has 0 radical (unpaired) electrons. The van der Waals surface area contributed by atoms with Crippen LogP contribution in [0.25, 0.3) is 0 Å². The summed E-state index contributed by atoms with van der Waals surface area (Å²) in [5.74, 6) is 0.973. The van der Waals surface area contributed by atoms with Gasteiger partial charge in [-0.1, -0.05) is 17.7 Å². The molecule has 0 atom stereocenters. The van der Waals surface area contributed by atoms with Gasteiger partial charge in [-0.25, -0.2) is 0 Å². The molecule has 0 amide bonds. The lowest BCUT2D eigenvalue weighted by Gasteiger charge is -2.01. The van der Waals surface area contributed by atoms with E-state index in [9.17, 15) is 0 Å². The van der Waals surface area contributed by atoms with Crippen LogP contribution >= 0.6 is 18.9 Å². The quantitative estimate of drug-likeness (QED) is 0.606. The Kier molecular flexibility index (Phi) is 4.55. The standard InChI is InChI=1S/C8H9O.HI.Mg/c1-7-4-3-5-8(6-7)9-2;;/h3-6H,1H2,2H3;1H;/q;;+1/p-1. The number of methoxy groups -OCH3 is 1. The Bertz CT molecular complexity index is 227. The average Bonchev–Trinajstić information content (AvgIpc) is 2.06. The molecule has 0 aromatic heterocycles. The van der Waals surface area contributed by atoms with Crippen molar-refractivity contribution in [1.29, 1.82) is 0 Å². The molecule has 0 saturated carbocycles. The van der Waals surface area contributed by atoms with E-state index in [4.69, 9.17) is 4.74 Å². The first-order chi connectivity index (χ1) is 5.36. The van der Waals surface area contributed by atoms with Crippen molar-refractivity contribution in [3.05, 3.63) is 29.8 Å². The first kappa shape index (κ1) is 9.60. The van der Waals surface area contributed by atoms with Gasteiger partial charge in [-0.05, 0) is 12.1 Å². The van der Waals surface area contributed by atoms with Gasteiger partial charge in [0, 0.05) is 0 Å². The summed E-state index contributed by atoms with van der Waals surface area (Å²) in [7, 11) is 1.71. The predicted octanol–water partition coefficient (Wildman–Crippen LogP) is 2.25. The summed E-state index contributed by atoms with van der Waals surface area (Å²) in [6.07, 6.45) is 0. The Labute approximate surface area is 86.6 Å². The van der Waals surface area contributed by atoms with E-state index in [1.165, 1.54) is 10.1 Å². The molecule has 0 saturated heterocycles. The molecule has 0 spiro atoms. The van der Waals surface area contributed by atoms with Crippen LogP contribution in [0.4, 0.5) is 0 Å². The maximum atomic E-state index is 5.11. The van der Waals surface area contributed by atoms with Crippen LogP contribution in [0.15, 0.2) is 24.3 Å². The van der Waals surface area contributed by atoms with Crippen LogP contribution in [0.2, 0.25) is 0 Å². The summed E-state index contributed by atoms with van der Waals surface area (Å²) in [4.78, 5) is 0. The molecule has 0 heterocycles. The number of halogens is 1. The molecule has 0 fully saturated rings. The van der Waals surface area contributed by atoms with Crippen LogP contribution in [0.3, 0.4) is 0 Å². The Morgan fingerprint density at radius 2 is 2.36 bits per heavy atom. The summed E-state index contributed by atoms with van der Waals surface area (Å²) in [6.45, 7) is 0. The zero-order valence-electron chi connectivity index (χ0n) is 6.51. The predicted molar refractivity (Wildman–Crippen MR) is 56.5 cm³/mol. The highest BCUT2D eigenvalue weighted by molar-refractivity contribution is 14.1. The van der Waals surface area contributed by atoms with E-state index in [1.54, 1.807) is 7.11 Å². The fraction of sp³-hybridized carbons (Fsp3) is 0.250. The number of benzene rings is 1. The maximum absolute atomic E-state index is 5.11. The van der Waals surface area contributed by atoms with Crippen LogP contribution in [0.1, 0.15) is 5.56 Å². The second kappa shape index (κ2) is 5.21. The zero-order chi connectivity index (χ0) is 8.10. The normalized spacial score (nSPS) is 8.91. The van der Waals surface area contributed by atoms with Crippen LogP contribution in [0.5, 0.6) is 5.75 Å². The first-order valence-corrected chi connectivity index (χ1v) is 9.67. The third-order valence-corrected chi connectivity index (χ3v) is 3.90.